The van der Waals surface area contributed by atoms with E-state index in [1.807, 2.05) is 0 Å². The molecule has 0 saturated carbocycles. The third-order valence-electron chi connectivity index (χ3n) is 3.53. The van der Waals surface area contributed by atoms with E-state index in [2.05, 4.69) is 15.6 Å². The first-order valence-electron chi connectivity index (χ1n) is 7.98. The fraction of sp³-hybridized carbons (Fsp3) is 0.235. The van der Waals surface area contributed by atoms with Gasteiger partial charge in [0.1, 0.15) is 0 Å². The van der Waals surface area contributed by atoms with Crippen LogP contribution in [-0.2, 0) is 11.0 Å². The highest BCUT2D eigenvalue weighted by Gasteiger charge is 2.30. The first kappa shape index (κ1) is 19.8. The summed E-state index contributed by atoms with van der Waals surface area (Å²) < 4.78 is 47.8. The number of thioether (sulfide) groups is 1. The van der Waals surface area contributed by atoms with Crippen molar-refractivity contribution in [3.05, 3.63) is 42.1 Å². The number of halogens is 3. The van der Waals surface area contributed by atoms with Crippen LogP contribution in [0.1, 0.15) is 12.0 Å². The second-order valence-electron chi connectivity index (χ2n) is 5.55. The molecule has 1 aliphatic rings. The highest BCUT2D eigenvalue weighted by Crippen LogP contribution is 2.34. The zero-order valence-electron chi connectivity index (χ0n) is 14.2. The molecule has 0 unspecified atom stereocenters. The molecule has 0 bridgehead atoms. The number of benzene rings is 1. The van der Waals surface area contributed by atoms with E-state index in [1.165, 1.54) is 6.07 Å². The first-order chi connectivity index (χ1) is 13.3. The number of anilines is 1. The Morgan fingerprint density at radius 3 is 2.64 bits per heavy atom. The molecule has 7 nitrogen and oxygen atoms in total. The minimum absolute atomic E-state index is 0.0120. The third kappa shape index (κ3) is 5.28. The number of alkyl halides is 3. The normalized spacial score (nSPS) is 12.5. The van der Waals surface area contributed by atoms with Crippen molar-refractivity contribution < 1.29 is 32.2 Å². The van der Waals surface area contributed by atoms with E-state index >= 15 is 0 Å². The summed E-state index contributed by atoms with van der Waals surface area (Å²) in [6.07, 6.45) is -3.72. The number of nitrogens with one attached hydrogen (secondary N) is 2. The zero-order chi connectivity index (χ0) is 20.1. The summed E-state index contributed by atoms with van der Waals surface area (Å²) in [6, 6.07) is 6.25. The molecule has 148 valence electrons. The molecule has 2 aromatic rings. The monoisotopic (exact) mass is 413 g/mol. The van der Waals surface area contributed by atoms with E-state index in [4.69, 9.17) is 9.47 Å². The molecule has 11 heteroatoms. The summed E-state index contributed by atoms with van der Waals surface area (Å²) in [5, 5.41) is 5.02. The average Bonchev–Trinajstić information content (AvgIpc) is 3.09. The van der Waals surface area contributed by atoms with Crippen LogP contribution in [0.2, 0.25) is 0 Å². The van der Waals surface area contributed by atoms with Crippen LogP contribution in [0.4, 0.5) is 23.7 Å². The number of hydrogen-bond acceptors (Lipinski definition) is 6. The Labute approximate surface area is 161 Å². The molecule has 28 heavy (non-hydrogen) atoms. The highest BCUT2D eigenvalue weighted by molar-refractivity contribution is 7.99. The summed E-state index contributed by atoms with van der Waals surface area (Å²) in [4.78, 5) is 27.4. The van der Waals surface area contributed by atoms with Gasteiger partial charge in [-0.3, -0.25) is 10.1 Å². The summed E-state index contributed by atoms with van der Waals surface area (Å²) in [5.74, 6) is 0.778. The van der Waals surface area contributed by atoms with Gasteiger partial charge in [0, 0.05) is 30.1 Å². The molecule has 2 heterocycles. The standard InChI is InChI=1S/C17H14F3N3O4S/c18-17(19,20)10-1-4-15(21-8-10)28-6-5-14(24)23-16(25)22-11-2-3-12-13(7-11)27-9-26-12/h1-4,7-8H,5-6,9H2,(H2,22,23,24,25). The molecule has 0 spiro atoms. The Balaban J connectivity index is 1.41. The van der Waals surface area contributed by atoms with Gasteiger partial charge in [-0.1, -0.05) is 0 Å². The predicted octanol–water partition coefficient (Wildman–Crippen LogP) is 3.66. The number of urea groups is 1. The largest absolute Gasteiger partial charge is 0.454 e. The Hall–Kier alpha value is -2.95. The lowest BCUT2D eigenvalue weighted by Gasteiger charge is -2.08. The Morgan fingerprint density at radius 1 is 1.14 bits per heavy atom. The minimum atomic E-state index is -4.44. The van der Waals surface area contributed by atoms with Gasteiger partial charge >= 0.3 is 12.2 Å². The van der Waals surface area contributed by atoms with Crippen LogP contribution in [0.15, 0.2) is 41.6 Å². The van der Waals surface area contributed by atoms with E-state index in [0.717, 1.165) is 24.0 Å². The summed E-state index contributed by atoms with van der Waals surface area (Å²) in [5.41, 5.74) is -0.410. The number of fused-ring (bicyclic) bond motifs is 1. The number of pyridine rings is 1. The number of hydrogen-bond donors (Lipinski definition) is 2. The summed E-state index contributed by atoms with van der Waals surface area (Å²) in [7, 11) is 0. The molecule has 3 amide bonds. The number of nitrogens with zero attached hydrogens (tertiary/aromatic N) is 1. The highest BCUT2D eigenvalue weighted by atomic mass is 32.2. The van der Waals surface area contributed by atoms with Gasteiger partial charge in [-0.05, 0) is 24.3 Å². The van der Waals surface area contributed by atoms with Gasteiger partial charge in [0.2, 0.25) is 12.7 Å². The van der Waals surface area contributed by atoms with Gasteiger partial charge in [0.05, 0.1) is 10.6 Å². The molecule has 3 rings (SSSR count). The average molecular weight is 413 g/mol. The van der Waals surface area contributed by atoms with Gasteiger partial charge in [0.15, 0.2) is 11.5 Å². The maximum absolute atomic E-state index is 12.5. The number of carbonyl (C=O) groups excluding carboxylic acids is 2. The molecule has 0 atom stereocenters. The molecule has 2 N–H and O–H groups in total. The van der Waals surface area contributed by atoms with Crippen molar-refractivity contribution in [3.8, 4) is 11.5 Å². The molecule has 0 aliphatic carbocycles. The van der Waals surface area contributed by atoms with Crippen molar-refractivity contribution in [2.45, 2.75) is 17.6 Å². The van der Waals surface area contributed by atoms with Crippen LogP contribution in [-0.4, -0.2) is 29.5 Å². The SMILES string of the molecule is O=C(CCSc1ccc(C(F)(F)F)cn1)NC(=O)Nc1ccc2c(c1)OCO2. The van der Waals surface area contributed by atoms with Crippen molar-refractivity contribution in [1.29, 1.82) is 0 Å². The quantitative estimate of drug-likeness (QED) is 0.728. The second-order valence-corrected chi connectivity index (χ2v) is 6.67. The van der Waals surface area contributed by atoms with Crippen molar-refractivity contribution in [2.24, 2.45) is 0 Å². The van der Waals surface area contributed by atoms with Crippen LogP contribution < -0.4 is 20.1 Å². The number of carbonyl (C=O) groups is 2. The fourth-order valence-electron chi connectivity index (χ4n) is 2.21. The van der Waals surface area contributed by atoms with Gasteiger partial charge in [0.25, 0.3) is 0 Å². The Kier molecular flexibility index (Phi) is 5.93. The van der Waals surface area contributed by atoms with E-state index in [-0.39, 0.29) is 19.0 Å². The molecular formula is C17H14F3N3O4S. The van der Waals surface area contributed by atoms with Crippen molar-refractivity contribution >= 4 is 29.4 Å². The lowest BCUT2D eigenvalue weighted by Crippen LogP contribution is -2.34. The lowest BCUT2D eigenvalue weighted by atomic mass is 10.3. The third-order valence-corrected chi connectivity index (χ3v) is 4.47. The second kappa shape index (κ2) is 8.38. The maximum atomic E-state index is 12.5. The van der Waals surface area contributed by atoms with Gasteiger partial charge in [-0.25, -0.2) is 9.78 Å². The fourth-order valence-corrected chi connectivity index (χ4v) is 3.00. The lowest BCUT2D eigenvalue weighted by molar-refractivity contribution is -0.137. The number of rotatable bonds is 5. The number of aromatic nitrogens is 1. The van der Waals surface area contributed by atoms with Gasteiger partial charge in [-0.2, -0.15) is 13.2 Å². The minimum Gasteiger partial charge on any atom is -0.454 e. The first-order valence-corrected chi connectivity index (χ1v) is 8.96. The van der Waals surface area contributed by atoms with Crippen LogP contribution in [0.25, 0.3) is 0 Å². The molecule has 0 fully saturated rings. The predicted molar refractivity (Wildman–Crippen MR) is 94.3 cm³/mol. The van der Waals surface area contributed by atoms with Crippen LogP contribution in [0.5, 0.6) is 11.5 Å². The van der Waals surface area contributed by atoms with Gasteiger partial charge < -0.3 is 14.8 Å². The van der Waals surface area contributed by atoms with E-state index < -0.39 is 23.7 Å². The zero-order valence-corrected chi connectivity index (χ0v) is 15.0. The smallest absolute Gasteiger partial charge is 0.417 e. The Bertz CT molecular complexity index is 875. The van der Waals surface area contributed by atoms with Crippen molar-refractivity contribution in [2.75, 3.05) is 17.9 Å². The number of imide groups is 1. The van der Waals surface area contributed by atoms with Crippen molar-refractivity contribution in [3.63, 3.8) is 0 Å². The molecule has 1 aromatic heterocycles. The van der Waals surface area contributed by atoms with E-state index in [1.54, 1.807) is 18.2 Å². The van der Waals surface area contributed by atoms with E-state index in [0.29, 0.717) is 22.2 Å². The Morgan fingerprint density at radius 2 is 1.93 bits per heavy atom. The van der Waals surface area contributed by atoms with Crippen LogP contribution in [0, 0.1) is 0 Å². The molecule has 1 aliphatic heterocycles. The van der Waals surface area contributed by atoms with Crippen LogP contribution in [0.3, 0.4) is 0 Å². The summed E-state index contributed by atoms with van der Waals surface area (Å²) >= 11 is 1.11. The van der Waals surface area contributed by atoms with Gasteiger partial charge in [-0.15, -0.1) is 11.8 Å². The number of amides is 3. The van der Waals surface area contributed by atoms with Crippen molar-refractivity contribution in [1.82, 2.24) is 10.3 Å². The molecule has 1 aromatic carbocycles. The topological polar surface area (TPSA) is 89.6 Å². The van der Waals surface area contributed by atoms with E-state index in [9.17, 15) is 22.8 Å². The molecule has 0 radical (unpaired) electrons. The maximum Gasteiger partial charge on any atom is 0.417 e. The number of ether oxygens (including phenoxy) is 2. The molecular weight excluding hydrogens is 399 g/mol. The van der Waals surface area contributed by atoms with Crippen LogP contribution >= 0.6 is 11.8 Å². The summed E-state index contributed by atoms with van der Waals surface area (Å²) in [6.45, 7) is 0.106. The molecule has 0 saturated heterocycles.